The largest absolute Gasteiger partial charge is 0.379 e. The number of anilines is 1. The summed E-state index contributed by atoms with van der Waals surface area (Å²) in [6.07, 6.45) is 1.09. The molecule has 0 aliphatic heterocycles. The van der Waals surface area contributed by atoms with E-state index in [1.807, 2.05) is 0 Å². The Morgan fingerprint density at radius 1 is 1.44 bits per heavy atom. The zero-order valence-corrected chi connectivity index (χ0v) is 9.34. The number of nitro groups is 1. The number of nitrogens with one attached hydrogen (secondary N) is 1. The van der Waals surface area contributed by atoms with E-state index in [0.29, 0.717) is 30.1 Å². The van der Waals surface area contributed by atoms with Gasteiger partial charge in [0.2, 0.25) is 0 Å². The number of alkyl halides is 1. The third-order valence-corrected chi connectivity index (χ3v) is 2.27. The topological polar surface area (TPSA) is 55.2 Å². The van der Waals surface area contributed by atoms with Gasteiger partial charge >= 0.3 is 0 Å². The third-order valence-electron chi connectivity index (χ3n) is 2.03. The van der Waals surface area contributed by atoms with E-state index >= 15 is 0 Å². The average molecular weight is 247 g/mol. The van der Waals surface area contributed by atoms with Crippen LogP contribution in [0.15, 0.2) is 18.2 Å². The number of hydrogen-bond acceptors (Lipinski definition) is 3. The van der Waals surface area contributed by atoms with E-state index in [0.717, 1.165) is 0 Å². The molecule has 0 radical (unpaired) electrons. The number of hydrogen-bond donors (Lipinski definition) is 1. The molecule has 6 heteroatoms. The maximum atomic E-state index is 11.8. The first-order valence-corrected chi connectivity index (χ1v) is 5.26. The molecule has 1 aromatic rings. The highest BCUT2D eigenvalue weighted by Gasteiger charge is 2.13. The number of benzene rings is 1. The summed E-state index contributed by atoms with van der Waals surface area (Å²) in [7, 11) is 0. The fraction of sp³-hybridized carbons (Fsp3) is 0.400. The molecule has 88 valence electrons. The summed E-state index contributed by atoms with van der Waals surface area (Å²) in [4.78, 5) is 10.2. The molecule has 0 unspecified atom stereocenters. The van der Waals surface area contributed by atoms with Gasteiger partial charge in [0.25, 0.3) is 5.69 Å². The van der Waals surface area contributed by atoms with Gasteiger partial charge in [-0.25, -0.2) is 0 Å². The summed E-state index contributed by atoms with van der Waals surface area (Å²) >= 11 is 5.66. The molecule has 0 atom stereocenters. The predicted octanol–water partition coefficient (Wildman–Crippen LogP) is 3.41. The lowest BCUT2D eigenvalue weighted by molar-refractivity contribution is -0.383. The van der Waals surface area contributed by atoms with Crippen molar-refractivity contribution >= 4 is 23.0 Å². The quantitative estimate of drug-likeness (QED) is 0.475. The van der Waals surface area contributed by atoms with Gasteiger partial charge in [0.05, 0.1) is 11.6 Å². The van der Waals surface area contributed by atoms with Crippen molar-refractivity contribution in [3.8, 4) is 0 Å². The van der Waals surface area contributed by atoms with Gasteiger partial charge in [-0.05, 0) is 25.0 Å². The Bertz CT molecular complexity index is 374. The molecule has 4 nitrogen and oxygen atoms in total. The first-order chi connectivity index (χ1) is 7.65. The van der Waals surface area contributed by atoms with Crippen LogP contribution in [0.1, 0.15) is 12.8 Å². The minimum absolute atomic E-state index is 0.0623. The molecule has 0 fully saturated rings. The zero-order valence-electron chi connectivity index (χ0n) is 8.58. The van der Waals surface area contributed by atoms with Crippen LogP contribution in [0, 0.1) is 10.1 Å². The van der Waals surface area contributed by atoms with Gasteiger partial charge < -0.3 is 5.32 Å². The highest BCUT2D eigenvalue weighted by molar-refractivity contribution is 6.30. The Morgan fingerprint density at radius 2 is 2.19 bits per heavy atom. The molecular weight excluding hydrogens is 235 g/mol. The second-order valence-corrected chi connectivity index (χ2v) is 3.68. The molecule has 0 heterocycles. The number of halogens is 2. The summed E-state index contributed by atoms with van der Waals surface area (Å²) in [5, 5.41) is 13.9. The predicted molar refractivity (Wildman–Crippen MR) is 61.8 cm³/mol. The minimum atomic E-state index is -0.497. The van der Waals surface area contributed by atoms with Crippen molar-refractivity contribution in [1.82, 2.24) is 0 Å². The lowest BCUT2D eigenvalue weighted by atomic mass is 10.2. The molecular formula is C10H12ClFN2O2. The van der Waals surface area contributed by atoms with Crippen LogP contribution in [-0.2, 0) is 0 Å². The molecule has 1 aromatic carbocycles. The van der Waals surface area contributed by atoms with Crippen molar-refractivity contribution < 1.29 is 9.31 Å². The number of nitrogens with zero attached hydrogens (tertiary/aromatic N) is 1. The van der Waals surface area contributed by atoms with E-state index in [4.69, 9.17) is 11.6 Å². The van der Waals surface area contributed by atoms with Crippen molar-refractivity contribution in [2.45, 2.75) is 12.8 Å². The molecule has 0 saturated heterocycles. The molecule has 0 aliphatic carbocycles. The third kappa shape index (κ3) is 3.66. The molecule has 0 saturated carbocycles. The first-order valence-electron chi connectivity index (χ1n) is 4.89. The standard InChI is InChI=1S/C10H12ClFN2O2/c11-8-3-4-9(10(7-8)14(15)16)13-6-2-1-5-12/h3-4,7,13H,1-2,5-6H2. The van der Waals surface area contributed by atoms with Crippen molar-refractivity contribution in [1.29, 1.82) is 0 Å². The minimum Gasteiger partial charge on any atom is -0.379 e. The summed E-state index contributed by atoms with van der Waals surface area (Å²) < 4.78 is 11.8. The summed E-state index contributed by atoms with van der Waals surface area (Å²) in [6.45, 7) is 0.136. The lowest BCUT2D eigenvalue weighted by Gasteiger charge is -2.06. The van der Waals surface area contributed by atoms with Gasteiger partial charge in [0.1, 0.15) is 5.69 Å². The second kappa shape index (κ2) is 6.27. The van der Waals surface area contributed by atoms with Gasteiger partial charge in [-0.2, -0.15) is 0 Å². The first kappa shape index (κ1) is 12.7. The Labute approximate surface area is 97.6 Å². The van der Waals surface area contributed by atoms with Gasteiger partial charge in [-0.1, -0.05) is 11.6 Å². The fourth-order valence-electron chi connectivity index (χ4n) is 1.25. The van der Waals surface area contributed by atoms with E-state index in [1.54, 1.807) is 12.1 Å². The summed E-state index contributed by atoms with van der Waals surface area (Å²) in [6, 6.07) is 4.42. The normalized spacial score (nSPS) is 10.1. The van der Waals surface area contributed by atoms with E-state index in [2.05, 4.69) is 5.32 Å². The van der Waals surface area contributed by atoms with Gasteiger partial charge in [-0.15, -0.1) is 0 Å². The molecule has 16 heavy (non-hydrogen) atoms. The van der Waals surface area contributed by atoms with Crippen molar-refractivity contribution in [2.24, 2.45) is 0 Å². The van der Waals surface area contributed by atoms with Crippen LogP contribution in [0.5, 0.6) is 0 Å². The molecule has 0 aromatic heterocycles. The van der Waals surface area contributed by atoms with E-state index < -0.39 is 4.92 Å². The summed E-state index contributed by atoms with van der Waals surface area (Å²) in [5.74, 6) is 0. The van der Waals surface area contributed by atoms with Crippen molar-refractivity contribution in [3.05, 3.63) is 33.3 Å². The fourth-order valence-corrected chi connectivity index (χ4v) is 1.41. The SMILES string of the molecule is O=[N+]([O-])c1cc(Cl)ccc1NCCCCF. The van der Waals surface area contributed by atoms with Gasteiger partial charge in [0.15, 0.2) is 0 Å². The highest BCUT2D eigenvalue weighted by Crippen LogP contribution is 2.27. The molecule has 0 aliphatic rings. The van der Waals surface area contributed by atoms with E-state index in [-0.39, 0.29) is 12.4 Å². The maximum absolute atomic E-state index is 11.8. The number of nitro benzene ring substituents is 1. The molecule has 1 rings (SSSR count). The monoisotopic (exact) mass is 246 g/mol. The molecule has 0 amide bonds. The van der Waals surface area contributed by atoms with Gasteiger partial charge in [0, 0.05) is 17.6 Å². The van der Waals surface area contributed by atoms with Crippen molar-refractivity contribution in [2.75, 3.05) is 18.5 Å². The van der Waals surface area contributed by atoms with Crippen LogP contribution in [0.4, 0.5) is 15.8 Å². The highest BCUT2D eigenvalue weighted by atomic mass is 35.5. The Hall–Kier alpha value is -1.36. The van der Waals surface area contributed by atoms with Crippen LogP contribution < -0.4 is 5.32 Å². The Morgan fingerprint density at radius 3 is 2.81 bits per heavy atom. The Kier molecular flexibility index (Phi) is 4.98. The Balaban J connectivity index is 2.67. The second-order valence-electron chi connectivity index (χ2n) is 3.24. The smallest absolute Gasteiger partial charge is 0.293 e. The van der Waals surface area contributed by atoms with Crippen molar-refractivity contribution in [3.63, 3.8) is 0 Å². The zero-order chi connectivity index (χ0) is 12.0. The molecule has 0 spiro atoms. The van der Waals surface area contributed by atoms with Crippen LogP contribution in [0.3, 0.4) is 0 Å². The van der Waals surface area contributed by atoms with Gasteiger partial charge in [-0.3, -0.25) is 14.5 Å². The maximum Gasteiger partial charge on any atom is 0.293 e. The van der Waals surface area contributed by atoms with Crippen LogP contribution in [-0.4, -0.2) is 18.1 Å². The van der Waals surface area contributed by atoms with E-state index in [1.165, 1.54) is 6.07 Å². The number of rotatable bonds is 6. The average Bonchev–Trinajstić information content (AvgIpc) is 2.26. The van der Waals surface area contributed by atoms with Crippen LogP contribution in [0.25, 0.3) is 0 Å². The lowest BCUT2D eigenvalue weighted by Crippen LogP contribution is -2.04. The number of unbranched alkanes of at least 4 members (excludes halogenated alkanes) is 1. The van der Waals surface area contributed by atoms with Crippen LogP contribution >= 0.6 is 11.6 Å². The summed E-state index contributed by atoms with van der Waals surface area (Å²) in [5.41, 5.74) is 0.348. The van der Waals surface area contributed by atoms with Crippen LogP contribution in [0.2, 0.25) is 5.02 Å². The van der Waals surface area contributed by atoms with E-state index in [9.17, 15) is 14.5 Å². The molecule has 1 N–H and O–H groups in total. The molecule has 0 bridgehead atoms.